The van der Waals surface area contributed by atoms with Gasteiger partial charge >= 0.3 is 0 Å². The lowest BCUT2D eigenvalue weighted by atomic mass is 9.79. The van der Waals surface area contributed by atoms with E-state index in [1.807, 2.05) is 11.0 Å². The largest absolute Gasteiger partial charge is 0.357 e. The number of nitrogens with one attached hydrogen (secondary N) is 2. The van der Waals surface area contributed by atoms with Crippen LogP contribution in [0.1, 0.15) is 29.7 Å². The third-order valence-electron chi connectivity index (χ3n) is 6.34. The summed E-state index contributed by atoms with van der Waals surface area (Å²) in [5.41, 5.74) is 4.58. The third-order valence-corrected chi connectivity index (χ3v) is 6.34. The highest BCUT2D eigenvalue weighted by Crippen LogP contribution is 2.40. The molecule has 2 aliphatic heterocycles. The number of para-hydroxylation sites is 1. The standard InChI is InChI=1S/C23H24FN3O/c24-17-5-3-4-16(14-17)15-21(28)27-12-9-23(10-13-27)22-19(8-11-25-23)18-6-1-2-7-20(18)26-22/h1-7,14,25-26H,8-13,15H2. The normalized spacial score (nSPS) is 18.4. The van der Waals surface area contributed by atoms with Crippen LogP contribution in [-0.4, -0.2) is 35.4 Å². The molecule has 5 rings (SSSR count). The number of nitrogens with zero attached hydrogens (tertiary/aromatic N) is 1. The Morgan fingerprint density at radius 2 is 1.93 bits per heavy atom. The first kappa shape index (κ1) is 17.4. The van der Waals surface area contributed by atoms with Crippen molar-refractivity contribution in [3.63, 3.8) is 0 Å². The molecule has 0 aliphatic carbocycles. The van der Waals surface area contributed by atoms with Gasteiger partial charge in [0.1, 0.15) is 5.82 Å². The highest BCUT2D eigenvalue weighted by Gasteiger charge is 2.41. The van der Waals surface area contributed by atoms with Crippen LogP contribution in [0.4, 0.5) is 4.39 Å². The van der Waals surface area contributed by atoms with Gasteiger partial charge < -0.3 is 15.2 Å². The van der Waals surface area contributed by atoms with Crippen molar-refractivity contribution >= 4 is 16.8 Å². The van der Waals surface area contributed by atoms with E-state index < -0.39 is 0 Å². The van der Waals surface area contributed by atoms with E-state index in [4.69, 9.17) is 0 Å². The maximum Gasteiger partial charge on any atom is 0.226 e. The smallest absolute Gasteiger partial charge is 0.226 e. The first-order chi connectivity index (χ1) is 13.6. The maximum atomic E-state index is 13.4. The number of H-pyrrole nitrogens is 1. The van der Waals surface area contributed by atoms with E-state index in [2.05, 4.69) is 34.6 Å². The molecule has 0 radical (unpaired) electrons. The first-order valence-electron chi connectivity index (χ1n) is 10.0. The fraction of sp³-hybridized carbons (Fsp3) is 0.348. The number of piperidine rings is 1. The van der Waals surface area contributed by atoms with Gasteiger partial charge in [0.05, 0.1) is 12.0 Å². The van der Waals surface area contributed by atoms with Crippen molar-refractivity contribution < 1.29 is 9.18 Å². The number of rotatable bonds is 2. The number of carbonyl (C=O) groups excluding carboxylic acids is 1. The zero-order chi connectivity index (χ0) is 19.1. The van der Waals surface area contributed by atoms with Crippen LogP contribution in [-0.2, 0) is 23.2 Å². The second-order valence-electron chi connectivity index (χ2n) is 7.97. The van der Waals surface area contributed by atoms with Gasteiger partial charge in [0, 0.05) is 36.2 Å². The molecule has 1 fully saturated rings. The number of hydrogen-bond donors (Lipinski definition) is 2. The minimum Gasteiger partial charge on any atom is -0.357 e. The van der Waals surface area contributed by atoms with Crippen LogP contribution in [0.2, 0.25) is 0 Å². The Morgan fingerprint density at radius 3 is 2.75 bits per heavy atom. The molecule has 3 aromatic rings. The topological polar surface area (TPSA) is 48.1 Å². The van der Waals surface area contributed by atoms with Crippen molar-refractivity contribution in [3.8, 4) is 0 Å². The van der Waals surface area contributed by atoms with Gasteiger partial charge in [-0.05, 0) is 48.6 Å². The highest BCUT2D eigenvalue weighted by molar-refractivity contribution is 5.85. The monoisotopic (exact) mass is 377 g/mol. The van der Waals surface area contributed by atoms with Crippen LogP contribution in [0.5, 0.6) is 0 Å². The molecule has 0 saturated carbocycles. The molecule has 3 heterocycles. The summed E-state index contributed by atoms with van der Waals surface area (Å²) in [5, 5.41) is 5.07. The summed E-state index contributed by atoms with van der Waals surface area (Å²) < 4.78 is 13.4. The van der Waals surface area contributed by atoms with E-state index in [9.17, 15) is 9.18 Å². The lowest BCUT2D eigenvalue weighted by Gasteiger charge is -2.45. The van der Waals surface area contributed by atoms with Crippen molar-refractivity contribution in [1.29, 1.82) is 0 Å². The number of benzene rings is 2. The Labute approximate surface area is 163 Å². The van der Waals surface area contributed by atoms with Gasteiger partial charge in [-0.1, -0.05) is 30.3 Å². The molecule has 0 atom stereocenters. The molecule has 144 valence electrons. The van der Waals surface area contributed by atoms with Gasteiger partial charge in [-0.15, -0.1) is 0 Å². The zero-order valence-electron chi connectivity index (χ0n) is 15.8. The predicted octanol–water partition coefficient (Wildman–Crippen LogP) is 3.51. The number of aromatic nitrogens is 1. The van der Waals surface area contributed by atoms with Crippen molar-refractivity contribution in [2.24, 2.45) is 0 Å². The average Bonchev–Trinajstić information content (AvgIpc) is 3.09. The van der Waals surface area contributed by atoms with Gasteiger partial charge in [0.15, 0.2) is 0 Å². The maximum absolute atomic E-state index is 13.4. The molecule has 1 saturated heterocycles. The molecule has 0 unspecified atom stereocenters. The van der Waals surface area contributed by atoms with Crippen LogP contribution < -0.4 is 5.32 Å². The molecule has 5 heteroatoms. The number of hydrogen-bond acceptors (Lipinski definition) is 2. The van der Waals surface area contributed by atoms with Gasteiger partial charge in [-0.3, -0.25) is 4.79 Å². The second kappa shape index (κ2) is 6.74. The minimum atomic E-state index is -0.291. The lowest BCUT2D eigenvalue weighted by molar-refractivity contribution is -0.132. The van der Waals surface area contributed by atoms with Gasteiger partial charge in [-0.2, -0.15) is 0 Å². The molecule has 0 bridgehead atoms. The molecule has 1 amide bonds. The molecule has 2 aliphatic rings. The fourth-order valence-corrected chi connectivity index (χ4v) is 4.88. The van der Waals surface area contributed by atoms with Crippen molar-refractivity contribution in [3.05, 3.63) is 71.2 Å². The molecule has 2 aromatic carbocycles. The van der Waals surface area contributed by atoms with Crippen LogP contribution in [0.15, 0.2) is 48.5 Å². The number of likely N-dealkylation sites (tertiary alicyclic amines) is 1. The Bertz CT molecular complexity index is 1030. The Kier molecular flexibility index (Phi) is 4.20. The zero-order valence-corrected chi connectivity index (χ0v) is 15.8. The molecule has 2 N–H and O–H groups in total. The summed E-state index contributed by atoms with van der Waals surface area (Å²) in [5.74, 6) is -0.214. The average molecular weight is 377 g/mol. The van der Waals surface area contributed by atoms with E-state index in [1.165, 1.54) is 34.3 Å². The molecule has 28 heavy (non-hydrogen) atoms. The summed E-state index contributed by atoms with van der Waals surface area (Å²) in [4.78, 5) is 18.3. The van der Waals surface area contributed by atoms with Gasteiger partial charge in [0.25, 0.3) is 0 Å². The van der Waals surface area contributed by atoms with E-state index in [-0.39, 0.29) is 23.7 Å². The van der Waals surface area contributed by atoms with Crippen LogP contribution in [0.25, 0.3) is 10.9 Å². The van der Waals surface area contributed by atoms with Crippen molar-refractivity contribution in [2.45, 2.75) is 31.2 Å². The number of aromatic amines is 1. The van der Waals surface area contributed by atoms with Crippen molar-refractivity contribution in [1.82, 2.24) is 15.2 Å². The second-order valence-corrected chi connectivity index (χ2v) is 7.97. The fourth-order valence-electron chi connectivity index (χ4n) is 4.88. The third kappa shape index (κ3) is 2.90. The van der Waals surface area contributed by atoms with Gasteiger partial charge in [-0.25, -0.2) is 4.39 Å². The lowest BCUT2D eigenvalue weighted by Crippen LogP contribution is -2.55. The highest BCUT2D eigenvalue weighted by atomic mass is 19.1. The molecule has 1 spiro atoms. The van der Waals surface area contributed by atoms with Crippen LogP contribution in [0.3, 0.4) is 0 Å². The number of amides is 1. The Balaban J connectivity index is 1.34. The van der Waals surface area contributed by atoms with Crippen molar-refractivity contribution in [2.75, 3.05) is 19.6 Å². The molecular formula is C23H24FN3O. The molecule has 4 nitrogen and oxygen atoms in total. The number of carbonyl (C=O) groups is 1. The summed E-state index contributed by atoms with van der Waals surface area (Å²) in [6.45, 7) is 2.40. The quantitative estimate of drug-likeness (QED) is 0.718. The number of halogens is 1. The number of fused-ring (bicyclic) bond motifs is 4. The summed E-state index contributed by atoms with van der Waals surface area (Å²) >= 11 is 0. The summed E-state index contributed by atoms with van der Waals surface area (Å²) in [6.07, 6.45) is 3.07. The van der Waals surface area contributed by atoms with Crippen LogP contribution in [0, 0.1) is 5.82 Å². The van der Waals surface area contributed by atoms with Crippen LogP contribution >= 0.6 is 0 Å². The SMILES string of the molecule is O=C(Cc1cccc(F)c1)N1CCC2(CC1)NCCc1c2[nH]c2ccccc12. The Hall–Kier alpha value is -2.66. The summed E-state index contributed by atoms with van der Waals surface area (Å²) in [6, 6.07) is 14.8. The first-order valence-corrected chi connectivity index (χ1v) is 10.0. The molecule has 1 aromatic heterocycles. The minimum absolute atomic E-state index is 0.0770. The van der Waals surface area contributed by atoms with E-state index in [0.29, 0.717) is 0 Å². The van der Waals surface area contributed by atoms with E-state index in [0.717, 1.165) is 44.5 Å². The van der Waals surface area contributed by atoms with E-state index in [1.54, 1.807) is 6.07 Å². The Morgan fingerprint density at radius 1 is 1.11 bits per heavy atom. The predicted molar refractivity (Wildman–Crippen MR) is 108 cm³/mol. The van der Waals surface area contributed by atoms with E-state index >= 15 is 0 Å². The van der Waals surface area contributed by atoms with Gasteiger partial charge in [0.2, 0.25) is 5.91 Å². The molecular weight excluding hydrogens is 353 g/mol. The summed E-state index contributed by atoms with van der Waals surface area (Å²) in [7, 11) is 0.